The molecule has 9 heteroatoms. The summed E-state index contributed by atoms with van der Waals surface area (Å²) in [6.07, 6.45) is 3.41. The Balaban J connectivity index is 0.00000364. The number of aliphatic imine (C=N–C) groups is 1. The number of rotatable bonds is 10. The second-order valence-electron chi connectivity index (χ2n) is 6.28. The lowest BCUT2D eigenvalue weighted by Crippen LogP contribution is -2.39. The lowest BCUT2D eigenvalue weighted by Gasteiger charge is -2.14. The molecule has 1 heterocycles. The highest BCUT2D eigenvalue weighted by atomic mass is 35.5. The Bertz CT molecular complexity index is 753. The molecule has 1 aliphatic rings. The third kappa shape index (κ3) is 6.48. The molecule has 7 nitrogen and oxygen atoms in total. The van der Waals surface area contributed by atoms with E-state index in [4.69, 9.17) is 0 Å². The molecule has 0 saturated carbocycles. The van der Waals surface area contributed by atoms with Crippen LogP contribution in [0.4, 0.5) is 0 Å². The third-order valence-electron chi connectivity index (χ3n) is 4.11. The smallest absolute Gasteiger partial charge is 0.263 e. The number of hydrogen-bond acceptors (Lipinski definition) is 5. The first-order valence-electron chi connectivity index (χ1n) is 9.18. The van der Waals surface area contributed by atoms with E-state index in [2.05, 4.69) is 27.3 Å². The summed E-state index contributed by atoms with van der Waals surface area (Å²) in [6.45, 7) is 6.27. The van der Waals surface area contributed by atoms with Crippen molar-refractivity contribution in [3.8, 4) is 0 Å². The molecular formula is C18H29ClN4O3S. The van der Waals surface area contributed by atoms with Crippen LogP contribution in [0.5, 0.6) is 0 Å². The zero-order valence-corrected chi connectivity index (χ0v) is 17.5. The third-order valence-corrected chi connectivity index (χ3v) is 5.51. The largest absolute Gasteiger partial charge is 0.353 e. The summed E-state index contributed by atoms with van der Waals surface area (Å²) < 4.78 is 26.9. The lowest BCUT2D eigenvalue weighted by atomic mass is 10.1. The molecule has 1 aromatic carbocycles. The van der Waals surface area contributed by atoms with Gasteiger partial charge in [0.1, 0.15) is 11.9 Å². The van der Waals surface area contributed by atoms with Crippen LogP contribution in [0.1, 0.15) is 45.1 Å². The van der Waals surface area contributed by atoms with E-state index < -0.39 is 16.1 Å². The van der Waals surface area contributed by atoms with Gasteiger partial charge in [0, 0.05) is 18.7 Å². The van der Waals surface area contributed by atoms with Crippen molar-refractivity contribution in [3.05, 3.63) is 29.8 Å². The van der Waals surface area contributed by atoms with Crippen molar-refractivity contribution in [1.82, 2.24) is 15.4 Å². The van der Waals surface area contributed by atoms with Gasteiger partial charge in [-0.25, -0.2) is 8.42 Å². The first kappa shape index (κ1) is 23.4. The fourth-order valence-corrected chi connectivity index (χ4v) is 3.97. The fourth-order valence-electron chi connectivity index (χ4n) is 2.73. The van der Waals surface area contributed by atoms with Crippen molar-refractivity contribution < 1.29 is 13.2 Å². The molecule has 1 atom stereocenters. The zero-order valence-electron chi connectivity index (χ0n) is 15.8. The second kappa shape index (κ2) is 11.3. The molecule has 152 valence electrons. The van der Waals surface area contributed by atoms with E-state index >= 15 is 0 Å². The summed E-state index contributed by atoms with van der Waals surface area (Å²) in [6, 6.07) is 6.07. The maximum absolute atomic E-state index is 12.5. The van der Waals surface area contributed by atoms with Gasteiger partial charge in [-0.05, 0) is 31.5 Å². The van der Waals surface area contributed by atoms with Crippen LogP contribution < -0.4 is 15.4 Å². The van der Waals surface area contributed by atoms with Gasteiger partial charge in [-0.3, -0.25) is 14.5 Å². The minimum atomic E-state index is -3.60. The minimum absolute atomic E-state index is 0. The predicted molar refractivity (Wildman–Crippen MR) is 110 cm³/mol. The first-order chi connectivity index (χ1) is 12.5. The molecule has 0 spiro atoms. The Labute approximate surface area is 167 Å². The Kier molecular flexibility index (Phi) is 9.76. The lowest BCUT2D eigenvalue weighted by molar-refractivity contribution is -0.122. The van der Waals surface area contributed by atoms with Gasteiger partial charge in [-0.2, -0.15) is 0 Å². The minimum Gasteiger partial charge on any atom is -0.353 e. The van der Waals surface area contributed by atoms with E-state index in [1.807, 2.05) is 6.92 Å². The normalized spacial score (nSPS) is 16.9. The highest BCUT2D eigenvalue weighted by Gasteiger charge is 2.31. The highest BCUT2D eigenvalue weighted by Crippen LogP contribution is 2.23. The van der Waals surface area contributed by atoms with Gasteiger partial charge in [0.2, 0.25) is 5.91 Å². The molecule has 1 aromatic rings. The SMILES string of the molecule is CCCCC(N=C1NS(=O)(=O)c2ccccc21)C(=O)NCCNCCC.Cl. The van der Waals surface area contributed by atoms with Gasteiger partial charge in [-0.1, -0.05) is 38.8 Å². The topological polar surface area (TPSA) is 99.7 Å². The van der Waals surface area contributed by atoms with Crippen molar-refractivity contribution in [3.63, 3.8) is 0 Å². The van der Waals surface area contributed by atoms with Crippen LogP contribution in [0.3, 0.4) is 0 Å². The fraction of sp³-hybridized carbons (Fsp3) is 0.556. The van der Waals surface area contributed by atoms with Crippen LogP contribution >= 0.6 is 12.4 Å². The molecule has 0 fully saturated rings. The Morgan fingerprint density at radius 2 is 1.89 bits per heavy atom. The van der Waals surface area contributed by atoms with Crippen LogP contribution in [0.2, 0.25) is 0 Å². The quantitative estimate of drug-likeness (QED) is 0.506. The van der Waals surface area contributed by atoms with Crippen LogP contribution in [0, 0.1) is 0 Å². The van der Waals surface area contributed by atoms with E-state index in [-0.39, 0.29) is 29.0 Å². The Morgan fingerprint density at radius 1 is 1.15 bits per heavy atom. The van der Waals surface area contributed by atoms with Crippen molar-refractivity contribution in [2.24, 2.45) is 4.99 Å². The number of nitrogens with one attached hydrogen (secondary N) is 3. The van der Waals surface area contributed by atoms with Gasteiger partial charge in [0.15, 0.2) is 0 Å². The summed E-state index contributed by atoms with van der Waals surface area (Å²) in [7, 11) is -3.60. The van der Waals surface area contributed by atoms with Crippen molar-refractivity contribution in [2.45, 2.75) is 50.5 Å². The molecule has 0 saturated heterocycles. The van der Waals surface area contributed by atoms with E-state index in [9.17, 15) is 13.2 Å². The van der Waals surface area contributed by atoms with Gasteiger partial charge in [0.05, 0.1) is 4.90 Å². The summed E-state index contributed by atoms with van der Waals surface area (Å²) in [5.74, 6) is 0.0776. The molecule has 27 heavy (non-hydrogen) atoms. The molecule has 3 N–H and O–H groups in total. The van der Waals surface area contributed by atoms with Gasteiger partial charge in [0.25, 0.3) is 10.0 Å². The Hall–Kier alpha value is -1.64. The van der Waals surface area contributed by atoms with Crippen molar-refractivity contribution in [2.75, 3.05) is 19.6 Å². The van der Waals surface area contributed by atoms with E-state index in [0.29, 0.717) is 25.1 Å². The average molecular weight is 417 g/mol. The number of fused-ring (bicyclic) bond motifs is 1. The average Bonchev–Trinajstić information content (AvgIpc) is 2.89. The van der Waals surface area contributed by atoms with Crippen LogP contribution in [-0.2, 0) is 14.8 Å². The molecule has 1 unspecified atom stereocenters. The molecule has 0 radical (unpaired) electrons. The number of amidine groups is 1. The first-order valence-corrected chi connectivity index (χ1v) is 10.7. The van der Waals surface area contributed by atoms with Gasteiger partial charge in [-0.15, -0.1) is 12.4 Å². The van der Waals surface area contributed by atoms with E-state index in [0.717, 1.165) is 25.8 Å². The number of nitrogens with zero attached hydrogens (tertiary/aromatic N) is 1. The summed E-state index contributed by atoms with van der Waals surface area (Å²) >= 11 is 0. The number of carbonyl (C=O) groups excluding carboxylic acids is 1. The number of amides is 1. The molecule has 1 aliphatic heterocycles. The number of unbranched alkanes of at least 4 members (excludes halogenated alkanes) is 1. The van der Waals surface area contributed by atoms with Gasteiger partial charge < -0.3 is 10.6 Å². The van der Waals surface area contributed by atoms with Crippen LogP contribution in [0.15, 0.2) is 34.2 Å². The molecule has 1 amide bonds. The summed E-state index contributed by atoms with van der Waals surface area (Å²) in [4.78, 5) is 17.2. The Morgan fingerprint density at radius 3 is 2.59 bits per heavy atom. The predicted octanol–water partition coefficient (Wildman–Crippen LogP) is 1.82. The van der Waals surface area contributed by atoms with E-state index in [1.165, 1.54) is 0 Å². The highest BCUT2D eigenvalue weighted by molar-refractivity contribution is 7.90. The summed E-state index contributed by atoms with van der Waals surface area (Å²) in [5, 5.41) is 6.11. The monoisotopic (exact) mass is 416 g/mol. The number of halogens is 1. The standard InChI is InChI=1S/C18H28N4O3S.ClH/c1-3-5-9-15(18(23)20-13-12-19-11-4-2)21-17-14-8-6-7-10-16(14)26(24,25)22-17;/h6-8,10,15,19H,3-5,9,11-13H2,1-2H3,(H,20,23)(H,21,22);1H. The van der Waals surface area contributed by atoms with E-state index in [1.54, 1.807) is 24.3 Å². The van der Waals surface area contributed by atoms with Crippen LogP contribution in [0.25, 0.3) is 0 Å². The molecule has 0 aromatic heterocycles. The van der Waals surface area contributed by atoms with Crippen molar-refractivity contribution in [1.29, 1.82) is 0 Å². The number of sulfonamides is 1. The zero-order chi connectivity index (χ0) is 19.0. The van der Waals surface area contributed by atoms with Crippen LogP contribution in [-0.4, -0.2) is 45.8 Å². The maximum Gasteiger partial charge on any atom is 0.263 e. The van der Waals surface area contributed by atoms with Gasteiger partial charge >= 0.3 is 0 Å². The van der Waals surface area contributed by atoms with Crippen molar-refractivity contribution >= 4 is 34.2 Å². The molecule has 0 bridgehead atoms. The molecule has 2 rings (SSSR count). The molecule has 0 aliphatic carbocycles. The summed E-state index contributed by atoms with van der Waals surface area (Å²) in [5.41, 5.74) is 0.520. The number of hydrogen-bond donors (Lipinski definition) is 3. The number of carbonyl (C=O) groups is 1. The molecular weight excluding hydrogens is 388 g/mol. The second-order valence-corrected chi connectivity index (χ2v) is 7.93. The number of benzene rings is 1. The maximum atomic E-state index is 12.5.